The van der Waals surface area contributed by atoms with Gasteiger partial charge in [-0.25, -0.2) is 8.89 Å². The first kappa shape index (κ1) is 21.2. The van der Waals surface area contributed by atoms with Gasteiger partial charge in [0.15, 0.2) is 22.6 Å². The minimum Gasteiger partial charge on any atom is -0.505 e. The number of aromatic hydroxyl groups is 1. The third kappa shape index (κ3) is 4.07. The number of rotatable bonds is 7. The summed E-state index contributed by atoms with van der Waals surface area (Å²) in [4.78, 5) is 14.6. The van der Waals surface area contributed by atoms with Crippen LogP contribution in [0.25, 0.3) is 10.6 Å². The molecule has 8 nitrogen and oxygen atoms in total. The Morgan fingerprint density at radius 2 is 2.22 bits per heavy atom. The summed E-state index contributed by atoms with van der Waals surface area (Å²) in [5.41, 5.74) is 1.25. The van der Waals surface area contributed by atoms with Crippen LogP contribution in [-0.4, -0.2) is 31.2 Å². The Balaban J connectivity index is 1.59. The average Bonchev–Trinajstić information content (AvgIpc) is 3.45. The molecule has 32 heavy (non-hydrogen) atoms. The second kappa shape index (κ2) is 8.72. The van der Waals surface area contributed by atoms with Gasteiger partial charge in [0.2, 0.25) is 0 Å². The van der Waals surface area contributed by atoms with Crippen LogP contribution in [0.1, 0.15) is 24.8 Å². The van der Waals surface area contributed by atoms with E-state index in [2.05, 4.69) is 19.5 Å². The number of anilines is 2. The predicted molar refractivity (Wildman–Crippen MR) is 131 cm³/mol. The van der Waals surface area contributed by atoms with Crippen molar-refractivity contribution in [3.8, 4) is 16.3 Å². The van der Waals surface area contributed by atoms with Gasteiger partial charge in [-0.1, -0.05) is 30.9 Å². The molecule has 3 aromatic rings. The molecule has 2 aromatic heterocycles. The lowest BCUT2D eigenvalue weighted by Gasteiger charge is -2.20. The van der Waals surface area contributed by atoms with E-state index in [1.54, 1.807) is 12.1 Å². The maximum Gasteiger partial charge on any atom is 0.281 e. The molecule has 1 saturated carbocycles. The van der Waals surface area contributed by atoms with E-state index in [0.717, 1.165) is 17.0 Å². The Morgan fingerprint density at radius 3 is 2.94 bits per heavy atom. The van der Waals surface area contributed by atoms with E-state index in [1.807, 2.05) is 29.8 Å². The van der Waals surface area contributed by atoms with Crippen LogP contribution >= 0.6 is 23.3 Å². The lowest BCUT2D eigenvalue weighted by Crippen LogP contribution is -2.33. The normalized spacial score (nSPS) is 17.4. The standard InChI is InChI=1S/C21H21N5O3S3/c1-30-24-13-6-7-14-16(11-13)32(29)25-20(22-14)17-19(27)18(15-3-2-10-31-15)23-26(21(17)28)9-8-12-4-5-12/h2-3,6-7,10-12,24,27H,4-5,8-9H2,1H3,(H,22,25). The second-order valence-corrected chi connectivity index (χ2v) is 10.3. The Morgan fingerprint density at radius 1 is 1.38 bits per heavy atom. The van der Waals surface area contributed by atoms with Gasteiger partial charge in [-0.3, -0.25) is 4.79 Å². The van der Waals surface area contributed by atoms with Gasteiger partial charge in [-0.05, 0) is 42.0 Å². The van der Waals surface area contributed by atoms with Gasteiger partial charge in [0, 0.05) is 18.5 Å². The Bertz CT molecular complexity index is 1280. The molecule has 1 atom stereocenters. The molecule has 1 fully saturated rings. The summed E-state index contributed by atoms with van der Waals surface area (Å²) in [5, 5.41) is 20.5. The summed E-state index contributed by atoms with van der Waals surface area (Å²) in [6.45, 7) is 0.464. The minimum atomic E-state index is -1.73. The number of hydrogen-bond acceptors (Lipinski definition) is 8. The fourth-order valence-electron chi connectivity index (χ4n) is 3.56. The van der Waals surface area contributed by atoms with E-state index >= 15 is 0 Å². The first-order valence-electron chi connectivity index (χ1n) is 10.1. The zero-order valence-electron chi connectivity index (χ0n) is 17.2. The second-order valence-electron chi connectivity index (χ2n) is 7.64. The van der Waals surface area contributed by atoms with Crippen LogP contribution in [0.4, 0.5) is 11.4 Å². The van der Waals surface area contributed by atoms with Gasteiger partial charge in [0.05, 0.1) is 15.5 Å². The molecular formula is C21H21N5O3S3. The van der Waals surface area contributed by atoms with Crippen molar-refractivity contribution < 1.29 is 9.32 Å². The van der Waals surface area contributed by atoms with Gasteiger partial charge in [0.25, 0.3) is 5.56 Å². The Hall–Kier alpha value is -2.63. The monoisotopic (exact) mass is 487 g/mol. The molecule has 3 heterocycles. The highest BCUT2D eigenvalue weighted by molar-refractivity contribution is 7.99. The molecule has 5 rings (SSSR count). The highest BCUT2D eigenvalue weighted by atomic mass is 32.2. The quantitative estimate of drug-likeness (QED) is 0.431. The van der Waals surface area contributed by atoms with Crippen molar-refractivity contribution in [2.45, 2.75) is 30.7 Å². The van der Waals surface area contributed by atoms with Crippen LogP contribution in [0.15, 0.2) is 49.8 Å². The van der Waals surface area contributed by atoms with Crippen molar-refractivity contribution in [1.82, 2.24) is 9.78 Å². The summed E-state index contributed by atoms with van der Waals surface area (Å²) in [7, 11) is -1.73. The largest absolute Gasteiger partial charge is 0.505 e. The van der Waals surface area contributed by atoms with Crippen LogP contribution in [0.5, 0.6) is 5.75 Å². The van der Waals surface area contributed by atoms with E-state index < -0.39 is 16.5 Å². The van der Waals surface area contributed by atoms with Crippen LogP contribution in [-0.2, 0) is 17.5 Å². The number of benzene rings is 1. The van der Waals surface area contributed by atoms with E-state index in [4.69, 9.17) is 0 Å². The number of hydrogen-bond donors (Lipinski definition) is 3. The van der Waals surface area contributed by atoms with Crippen molar-refractivity contribution in [3.05, 3.63) is 51.6 Å². The molecule has 0 saturated heterocycles. The highest BCUT2D eigenvalue weighted by Gasteiger charge is 2.28. The zero-order valence-corrected chi connectivity index (χ0v) is 19.6. The highest BCUT2D eigenvalue weighted by Crippen LogP contribution is 2.36. The van der Waals surface area contributed by atoms with Crippen molar-refractivity contribution in [1.29, 1.82) is 0 Å². The molecule has 3 N–H and O–H groups in total. The van der Waals surface area contributed by atoms with Crippen molar-refractivity contribution in [2.75, 3.05) is 16.3 Å². The molecule has 0 radical (unpaired) electrons. The van der Waals surface area contributed by atoms with Gasteiger partial charge in [0.1, 0.15) is 11.3 Å². The van der Waals surface area contributed by atoms with Gasteiger partial charge < -0.3 is 15.1 Å². The van der Waals surface area contributed by atoms with Gasteiger partial charge in [-0.2, -0.15) is 9.50 Å². The smallest absolute Gasteiger partial charge is 0.281 e. The fraction of sp³-hybridized carbons (Fsp3) is 0.286. The molecule has 11 heteroatoms. The molecule has 0 amide bonds. The first-order valence-corrected chi connectivity index (χ1v) is 13.3. The van der Waals surface area contributed by atoms with Crippen LogP contribution in [0, 0.1) is 5.92 Å². The Kier molecular flexibility index (Phi) is 5.78. The van der Waals surface area contributed by atoms with Gasteiger partial charge >= 0.3 is 0 Å². The SMILES string of the molecule is CSNc1ccc2c(c1)S(=O)N=C(c1c(O)c(-c3cccs3)nn(CCC3CC3)c1=O)N2. The van der Waals surface area contributed by atoms with Crippen LogP contribution < -0.4 is 15.6 Å². The maximum atomic E-state index is 13.3. The topological polar surface area (TPSA) is 109 Å². The molecule has 1 aromatic carbocycles. The number of thiophene rings is 1. The number of nitrogens with zero attached hydrogens (tertiary/aromatic N) is 3. The number of amidine groups is 1. The van der Waals surface area contributed by atoms with Crippen molar-refractivity contribution in [3.63, 3.8) is 0 Å². The fourth-order valence-corrected chi connectivity index (χ4v) is 5.57. The minimum absolute atomic E-state index is 0.00971. The molecule has 1 aliphatic heterocycles. The summed E-state index contributed by atoms with van der Waals surface area (Å²) < 4.78 is 21.7. The van der Waals surface area contributed by atoms with E-state index in [1.165, 1.54) is 40.8 Å². The van der Waals surface area contributed by atoms with Crippen LogP contribution in [0.2, 0.25) is 0 Å². The molecule has 1 unspecified atom stereocenters. The van der Waals surface area contributed by atoms with Crippen LogP contribution in [0.3, 0.4) is 0 Å². The maximum absolute atomic E-state index is 13.3. The number of fused-ring (bicyclic) bond motifs is 1. The number of nitrogens with one attached hydrogen (secondary N) is 2. The summed E-state index contributed by atoms with van der Waals surface area (Å²) in [6.07, 6.45) is 5.11. The third-order valence-corrected chi connectivity index (χ3v) is 7.76. The van der Waals surface area contributed by atoms with Gasteiger partial charge in [-0.15, -0.1) is 11.3 Å². The van der Waals surface area contributed by atoms with E-state index in [0.29, 0.717) is 28.7 Å². The molecule has 0 spiro atoms. The van der Waals surface area contributed by atoms with Crippen molar-refractivity contribution in [2.24, 2.45) is 10.3 Å². The van der Waals surface area contributed by atoms with Crippen molar-refractivity contribution >= 4 is 51.5 Å². The third-order valence-electron chi connectivity index (χ3n) is 5.38. The average molecular weight is 488 g/mol. The summed E-state index contributed by atoms with van der Waals surface area (Å²) >= 11 is 2.86. The first-order chi connectivity index (χ1) is 15.5. The zero-order chi connectivity index (χ0) is 22.2. The lowest BCUT2D eigenvalue weighted by molar-refractivity contribution is 0.455. The molecule has 1 aliphatic carbocycles. The molecule has 166 valence electrons. The molecule has 2 aliphatic rings. The molecule has 0 bridgehead atoms. The Labute approximate surface area is 195 Å². The summed E-state index contributed by atoms with van der Waals surface area (Å²) in [6, 6.07) is 9.09. The molecular weight excluding hydrogens is 466 g/mol. The number of aromatic nitrogens is 2. The van der Waals surface area contributed by atoms with E-state index in [-0.39, 0.29) is 17.1 Å². The van der Waals surface area contributed by atoms with E-state index in [9.17, 15) is 14.1 Å². The lowest BCUT2D eigenvalue weighted by atomic mass is 10.1. The summed E-state index contributed by atoms with van der Waals surface area (Å²) in [5.74, 6) is 0.455. The predicted octanol–water partition coefficient (Wildman–Crippen LogP) is 4.06. The number of aryl methyl sites for hydroxylation is 1.